The Labute approximate surface area is 161 Å². The fraction of sp³-hybridized carbons (Fsp3) is 0.143. The summed E-state index contributed by atoms with van der Waals surface area (Å²) >= 11 is 1.41. The number of aromatic hydroxyl groups is 1. The second-order valence-corrected chi connectivity index (χ2v) is 6.45. The molecule has 0 aliphatic rings. The second-order valence-electron chi connectivity index (χ2n) is 5.60. The third-order valence-electron chi connectivity index (χ3n) is 3.83. The minimum absolute atomic E-state index is 0.0557. The number of allylic oxidation sites excluding steroid dienone is 1. The normalized spacial score (nSPS) is 11.1. The highest BCUT2D eigenvalue weighted by molar-refractivity contribution is 7.11. The zero-order chi connectivity index (χ0) is 19.2. The maximum absolute atomic E-state index is 9.70. The molecule has 0 saturated carbocycles. The number of phenols is 1. The Balaban J connectivity index is 1.88. The van der Waals surface area contributed by atoms with Crippen LogP contribution in [-0.2, 0) is 0 Å². The molecule has 0 bridgehead atoms. The lowest BCUT2D eigenvalue weighted by molar-refractivity contribution is 0.340. The first-order valence-electron chi connectivity index (χ1n) is 8.32. The molecule has 5 nitrogen and oxygen atoms in total. The van der Waals surface area contributed by atoms with E-state index in [4.69, 9.17) is 9.47 Å². The number of rotatable bonds is 6. The van der Waals surface area contributed by atoms with Crippen LogP contribution >= 0.6 is 11.3 Å². The van der Waals surface area contributed by atoms with Crippen molar-refractivity contribution in [1.82, 2.24) is 4.98 Å². The Morgan fingerprint density at radius 3 is 2.70 bits per heavy atom. The van der Waals surface area contributed by atoms with Crippen LogP contribution in [0, 0.1) is 11.3 Å². The molecule has 136 valence electrons. The van der Waals surface area contributed by atoms with Crippen LogP contribution in [-0.4, -0.2) is 23.8 Å². The largest absolute Gasteiger partial charge is 0.504 e. The first kappa shape index (κ1) is 18.5. The van der Waals surface area contributed by atoms with Gasteiger partial charge in [0.05, 0.1) is 25.0 Å². The van der Waals surface area contributed by atoms with Crippen molar-refractivity contribution in [1.29, 1.82) is 5.26 Å². The molecule has 0 amide bonds. The van der Waals surface area contributed by atoms with Gasteiger partial charge in [-0.2, -0.15) is 5.26 Å². The summed E-state index contributed by atoms with van der Waals surface area (Å²) in [5.41, 5.74) is 2.97. The molecule has 6 heteroatoms. The van der Waals surface area contributed by atoms with Crippen molar-refractivity contribution in [3.05, 3.63) is 58.4 Å². The fourth-order valence-electron chi connectivity index (χ4n) is 2.51. The number of aromatic nitrogens is 1. The van der Waals surface area contributed by atoms with Crippen molar-refractivity contribution in [3.8, 4) is 34.6 Å². The van der Waals surface area contributed by atoms with E-state index in [0.29, 0.717) is 22.9 Å². The predicted octanol–water partition coefficient (Wildman–Crippen LogP) is 4.99. The minimum Gasteiger partial charge on any atom is -0.504 e. The summed E-state index contributed by atoms with van der Waals surface area (Å²) < 4.78 is 10.6. The van der Waals surface area contributed by atoms with Crippen LogP contribution in [0.25, 0.3) is 22.9 Å². The van der Waals surface area contributed by atoms with E-state index >= 15 is 0 Å². The molecule has 0 fully saturated rings. The molecule has 1 heterocycles. The SMILES string of the molecule is CCOc1ccc(-c2csc(C(C#N)=Cc3ccc(O)c(OC)c3)n2)cc1. The predicted molar refractivity (Wildman–Crippen MR) is 107 cm³/mol. The van der Waals surface area contributed by atoms with Crippen LogP contribution in [0.1, 0.15) is 17.5 Å². The van der Waals surface area contributed by atoms with Gasteiger partial charge in [0.15, 0.2) is 11.5 Å². The van der Waals surface area contributed by atoms with Crippen molar-refractivity contribution >= 4 is 23.0 Å². The first-order chi connectivity index (χ1) is 13.1. The van der Waals surface area contributed by atoms with Crippen molar-refractivity contribution in [2.24, 2.45) is 0 Å². The molecule has 0 saturated heterocycles. The van der Waals surface area contributed by atoms with Gasteiger partial charge in [-0.1, -0.05) is 6.07 Å². The number of hydrogen-bond donors (Lipinski definition) is 1. The van der Waals surface area contributed by atoms with Gasteiger partial charge in [-0.25, -0.2) is 4.98 Å². The molecule has 27 heavy (non-hydrogen) atoms. The van der Waals surface area contributed by atoms with E-state index in [2.05, 4.69) is 11.1 Å². The molecule has 0 aliphatic heterocycles. The van der Waals surface area contributed by atoms with Gasteiger partial charge in [0.1, 0.15) is 16.8 Å². The summed E-state index contributed by atoms with van der Waals surface area (Å²) in [5, 5.41) is 21.8. The Morgan fingerprint density at radius 2 is 2.04 bits per heavy atom. The lowest BCUT2D eigenvalue weighted by Gasteiger charge is -2.04. The second kappa shape index (κ2) is 8.39. The van der Waals surface area contributed by atoms with E-state index in [0.717, 1.165) is 22.6 Å². The topological polar surface area (TPSA) is 75.4 Å². The van der Waals surface area contributed by atoms with E-state index in [9.17, 15) is 10.4 Å². The van der Waals surface area contributed by atoms with Crippen molar-refractivity contribution in [3.63, 3.8) is 0 Å². The van der Waals surface area contributed by atoms with Crippen LogP contribution in [0.2, 0.25) is 0 Å². The van der Waals surface area contributed by atoms with E-state index in [1.807, 2.05) is 36.6 Å². The van der Waals surface area contributed by atoms with Gasteiger partial charge in [0.25, 0.3) is 0 Å². The Bertz CT molecular complexity index is 1000. The molecule has 0 spiro atoms. The van der Waals surface area contributed by atoms with E-state index in [1.54, 1.807) is 18.2 Å². The molecule has 2 aromatic carbocycles. The zero-order valence-corrected chi connectivity index (χ0v) is 15.8. The molecule has 0 aliphatic carbocycles. The Hall–Kier alpha value is -3.30. The molecule has 1 N–H and O–H groups in total. The smallest absolute Gasteiger partial charge is 0.161 e. The van der Waals surface area contributed by atoms with Gasteiger partial charge in [-0.05, 0) is 55.0 Å². The molecule has 0 radical (unpaired) electrons. The Kier molecular flexibility index (Phi) is 5.74. The molecule has 1 aromatic heterocycles. The third kappa shape index (κ3) is 4.27. The van der Waals surface area contributed by atoms with Crippen molar-refractivity contribution in [2.75, 3.05) is 13.7 Å². The monoisotopic (exact) mass is 378 g/mol. The van der Waals surface area contributed by atoms with Crippen LogP contribution in [0.5, 0.6) is 17.2 Å². The zero-order valence-electron chi connectivity index (χ0n) is 15.0. The highest BCUT2D eigenvalue weighted by Gasteiger charge is 2.10. The lowest BCUT2D eigenvalue weighted by atomic mass is 10.1. The minimum atomic E-state index is 0.0557. The maximum atomic E-state index is 9.70. The van der Waals surface area contributed by atoms with Crippen molar-refractivity contribution in [2.45, 2.75) is 6.92 Å². The van der Waals surface area contributed by atoms with Gasteiger partial charge in [-0.15, -0.1) is 11.3 Å². The third-order valence-corrected chi connectivity index (χ3v) is 4.71. The molecule has 0 atom stereocenters. The van der Waals surface area contributed by atoms with Gasteiger partial charge in [-0.3, -0.25) is 0 Å². The summed E-state index contributed by atoms with van der Waals surface area (Å²) in [4.78, 5) is 4.59. The number of ether oxygens (including phenoxy) is 2. The van der Waals surface area contributed by atoms with Crippen LogP contribution < -0.4 is 9.47 Å². The highest BCUT2D eigenvalue weighted by Crippen LogP contribution is 2.31. The van der Waals surface area contributed by atoms with Gasteiger partial charge < -0.3 is 14.6 Å². The maximum Gasteiger partial charge on any atom is 0.161 e. The standard InChI is InChI=1S/C21H18N2O3S/c1-3-26-17-7-5-15(6-8-17)18-13-27-21(23-18)16(12-22)10-14-4-9-19(24)20(11-14)25-2/h4-11,13,24H,3H2,1-2H3. The number of thiazole rings is 1. The highest BCUT2D eigenvalue weighted by atomic mass is 32.1. The van der Waals surface area contributed by atoms with Crippen LogP contribution in [0.15, 0.2) is 47.8 Å². The van der Waals surface area contributed by atoms with E-state index in [-0.39, 0.29) is 5.75 Å². The van der Waals surface area contributed by atoms with Crippen LogP contribution in [0.4, 0.5) is 0 Å². The summed E-state index contributed by atoms with van der Waals surface area (Å²) in [6.07, 6.45) is 1.72. The van der Waals surface area contributed by atoms with E-state index < -0.39 is 0 Å². The molecule has 0 unspecified atom stereocenters. The first-order valence-corrected chi connectivity index (χ1v) is 9.20. The lowest BCUT2D eigenvalue weighted by Crippen LogP contribution is -1.90. The number of benzene rings is 2. The van der Waals surface area contributed by atoms with Gasteiger partial charge in [0, 0.05) is 10.9 Å². The van der Waals surface area contributed by atoms with Crippen LogP contribution in [0.3, 0.4) is 0 Å². The van der Waals surface area contributed by atoms with Gasteiger partial charge in [0.2, 0.25) is 0 Å². The number of nitrogens with zero attached hydrogens (tertiary/aromatic N) is 2. The molecular weight excluding hydrogens is 360 g/mol. The number of hydrogen-bond acceptors (Lipinski definition) is 6. The van der Waals surface area contributed by atoms with Gasteiger partial charge >= 0.3 is 0 Å². The summed E-state index contributed by atoms with van der Waals surface area (Å²) in [5.74, 6) is 1.23. The average molecular weight is 378 g/mol. The van der Waals surface area contributed by atoms with Crippen molar-refractivity contribution < 1.29 is 14.6 Å². The molecule has 3 aromatic rings. The number of methoxy groups -OCH3 is 1. The summed E-state index contributed by atoms with van der Waals surface area (Å²) in [6, 6.07) is 14.8. The summed E-state index contributed by atoms with van der Waals surface area (Å²) in [7, 11) is 1.48. The van der Waals surface area contributed by atoms with E-state index in [1.165, 1.54) is 24.5 Å². The fourth-order valence-corrected chi connectivity index (χ4v) is 3.31. The molecule has 3 rings (SSSR count). The average Bonchev–Trinajstić information content (AvgIpc) is 3.18. The summed E-state index contributed by atoms with van der Waals surface area (Å²) in [6.45, 7) is 2.57. The molecular formula is C21H18N2O3S. The number of phenolic OH excluding ortho intramolecular Hbond substituents is 1. The number of nitriles is 1. The quantitative estimate of drug-likeness (QED) is 0.612. The Morgan fingerprint density at radius 1 is 1.26 bits per heavy atom.